The lowest BCUT2D eigenvalue weighted by atomic mass is 10.00. The van der Waals surface area contributed by atoms with Crippen molar-refractivity contribution in [2.75, 3.05) is 19.7 Å². The molecule has 105 valence electrons. The van der Waals surface area contributed by atoms with Crippen molar-refractivity contribution < 1.29 is 10.2 Å². The molecule has 0 aromatic heterocycles. The van der Waals surface area contributed by atoms with E-state index in [1.165, 1.54) is 0 Å². The van der Waals surface area contributed by atoms with E-state index in [4.69, 9.17) is 0 Å². The highest BCUT2D eigenvalue weighted by atomic mass is 16.3. The Hall–Kier alpha value is -1.84. The minimum atomic E-state index is 0.0473. The van der Waals surface area contributed by atoms with Crippen molar-refractivity contribution in [3.8, 4) is 5.75 Å². The first kappa shape index (κ1) is 14.6. The zero-order valence-corrected chi connectivity index (χ0v) is 11.5. The van der Waals surface area contributed by atoms with Gasteiger partial charge in [0.2, 0.25) is 0 Å². The zero-order chi connectivity index (χ0) is 14.2. The maximum atomic E-state index is 11.0. The summed E-state index contributed by atoms with van der Waals surface area (Å²) in [5, 5.41) is 23.8. The minimum absolute atomic E-state index is 0.0473. The van der Waals surface area contributed by atoms with Gasteiger partial charge in [-0.25, -0.2) is 0 Å². The van der Waals surface area contributed by atoms with E-state index in [0.29, 0.717) is 0 Å². The Morgan fingerprint density at radius 3 is 2.35 bits per heavy atom. The van der Waals surface area contributed by atoms with Crippen molar-refractivity contribution in [3.05, 3.63) is 65.7 Å². The standard InChI is InChI=1S/C17H20NO2/c19-13-16(15-4-2-1-3-5-15)12-18-11-10-14-6-8-17(20)9-7-14/h1-9,16,18-19H,10-13H2. The molecule has 1 radical (unpaired) electrons. The summed E-state index contributed by atoms with van der Waals surface area (Å²) >= 11 is 0. The van der Waals surface area contributed by atoms with E-state index < -0.39 is 0 Å². The highest BCUT2D eigenvalue weighted by Gasteiger charge is 2.08. The number of nitrogens with one attached hydrogen (secondary N) is 1. The lowest BCUT2D eigenvalue weighted by Crippen LogP contribution is -2.25. The van der Waals surface area contributed by atoms with Crippen LogP contribution in [0.3, 0.4) is 0 Å². The normalized spacial score (nSPS) is 12.2. The van der Waals surface area contributed by atoms with Crippen LogP contribution in [0.15, 0.2) is 54.6 Å². The van der Waals surface area contributed by atoms with Crippen molar-refractivity contribution in [1.29, 1.82) is 0 Å². The van der Waals surface area contributed by atoms with Crippen LogP contribution in [0.25, 0.3) is 0 Å². The molecule has 2 aromatic rings. The van der Waals surface area contributed by atoms with Crippen LogP contribution < -0.4 is 5.32 Å². The number of hydrogen-bond donors (Lipinski definition) is 2. The molecular formula is C17H20NO2. The van der Waals surface area contributed by atoms with Gasteiger partial charge in [0.1, 0.15) is 0 Å². The van der Waals surface area contributed by atoms with Gasteiger partial charge in [-0.05, 0) is 36.2 Å². The topological polar surface area (TPSA) is 52.2 Å². The number of rotatable bonds is 7. The SMILES string of the molecule is [O]c1ccc(CCNCC(CO)c2ccccc2)cc1. The van der Waals surface area contributed by atoms with Crippen LogP contribution in [0.4, 0.5) is 0 Å². The molecule has 0 aliphatic heterocycles. The van der Waals surface area contributed by atoms with E-state index in [9.17, 15) is 10.2 Å². The van der Waals surface area contributed by atoms with Gasteiger partial charge in [-0.1, -0.05) is 42.5 Å². The summed E-state index contributed by atoms with van der Waals surface area (Å²) in [6, 6.07) is 16.9. The Bertz CT molecular complexity index is 496. The van der Waals surface area contributed by atoms with E-state index in [0.717, 1.165) is 30.6 Å². The molecule has 0 saturated carbocycles. The fourth-order valence-corrected chi connectivity index (χ4v) is 2.18. The Morgan fingerprint density at radius 1 is 1.00 bits per heavy atom. The predicted molar refractivity (Wildman–Crippen MR) is 79.4 cm³/mol. The Morgan fingerprint density at radius 2 is 1.70 bits per heavy atom. The molecule has 0 saturated heterocycles. The maximum absolute atomic E-state index is 11.0. The molecule has 0 bridgehead atoms. The quantitative estimate of drug-likeness (QED) is 0.760. The summed E-state index contributed by atoms with van der Waals surface area (Å²) in [5.41, 5.74) is 2.30. The lowest BCUT2D eigenvalue weighted by Gasteiger charge is -2.15. The lowest BCUT2D eigenvalue weighted by molar-refractivity contribution is 0.262. The highest BCUT2D eigenvalue weighted by molar-refractivity contribution is 5.26. The van der Waals surface area contributed by atoms with Gasteiger partial charge in [0, 0.05) is 12.5 Å². The molecule has 3 heteroatoms. The van der Waals surface area contributed by atoms with Crippen molar-refractivity contribution >= 4 is 0 Å². The summed E-state index contributed by atoms with van der Waals surface area (Å²) in [7, 11) is 0. The molecule has 0 heterocycles. The first-order valence-corrected chi connectivity index (χ1v) is 6.92. The first-order valence-electron chi connectivity index (χ1n) is 6.92. The Balaban J connectivity index is 1.76. The third kappa shape index (κ3) is 4.37. The summed E-state index contributed by atoms with van der Waals surface area (Å²) in [6.45, 7) is 1.73. The van der Waals surface area contributed by atoms with Gasteiger partial charge >= 0.3 is 0 Å². The molecule has 2 rings (SSSR count). The molecule has 0 amide bonds. The minimum Gasteiger partial charge on any atom is -0.396 e. The van der Waals surface area contributed by atoms with Gasteiger partial charge in [-0.2, -0.15) is 0 Å². The van der Waals surface area contributed by atoms with Gasteiger partial charge in [0.15, 0.2) is 5.75 Å². The van der Waals surface area contributed by atoms with Gasteiger partial charge in [0.05, 0.1) is 6.61 Å². The third-order valence-electron chi connectivity index (χ3n) is 3.40. The second-order valence-electron chi connectivity index (χ2n) is 4.89. The van der Waals surface area contributed by atoms with E-state index in [2.05, 4.69) is 5.32 Å². The molecule has 0 spiro atoms. The van der Waals surface area contributed by atoms with Gasteiger partial charge < -0.3 is 10.4 Å². The average molecular weight is 270 g/mol. The fourth-order valence-electron chi connectivity index (χ4n) is 2.18. The van der Waals surface area contributed by atoms with Crippen LogP contribution in [-0.2, 0) is 11.5 Å². The highest BCUT2D eigenvalue weighted by Crippen LogP contribution is 2.14. The molecule has 0 aliphatic rings. The smallest absolute Gasteiger partial charge is 0.178 e. The van der Waals surface area contributed by atoms with Crippen molar-refractivity contribution in [3.63, 3.8) is 0 Å². The van der Waals surface area contributed by atoms with Crippen LogP contribution in [-0.4, -0.2) is 24.8 Å². The largest absolute Gasteiger partial charge is 0.396 e. The van der Waals surface area contributed by atoms with Crippen molar-refractivity contribution in [2.45, 2.75) is 12.3 Å². The Labute approximate surface area is 119 Å². The summed E-state index contributed by atoms with van der Waals surface area (Å²) < 4.78 is 0. The first-order chi connectivity index (χ1) is 9.79. The second-order valence-corrected chi connectivity index (χ2v) is 4.89. The Kier molecular flexibility index (Phi) is 5.59. The van der Waals surface area contributed by atoms with E-state index in [1.807, 2.05) is 42.5 Å². The second kappa shape index (κ2) is 7.68. The van der Waals surface area contributed by atoms with Crippen molar-refractivity contribution in [2.24, 2.45) is 0 Å². The summed E-state index contributed by atoms with van der Waals surface area (Å²) in [5.74, 6) is 0.173. The summed E-state index contributed by atoms with van der Waals surface area (Å²) in [4.78, 5) is 0. The molecule has 20 heavy (non-hydrogen) atoms. The molecule has 2 N–H and O–H groups in total. The van der Waals surface area contributed by atoms with E-state index in [-0.39, 0.29) is 18.3 Å². The van der Waals surface area contributed by atoms with Crippen LogP contribution >= 0.6 is 0 Å². The van der Waals surface area contributed by atoms with E-state index in [1.54, 1.807) is 12.1 Å². The fraction of sp³-hybridized carbons (Fsp3) is 0.294. The molecule has 1 atom stereocenters. The molecule has 3 nitrogen and oxygen atoms in total. The van der Waals surface area contributed by atoms with Gasteiger partial charge in [-0.15, -0.1) is 0 Å². The number of aliphatic hydroxyl groups is 1. The van der Waals surface area contributed by atoms with Crippen LogP contribution in [0.2, 0.25) is 0 Å². The summed E-state index contributed by atoms with van der Waals surface area (Å²) in [6.07, 6.45) is 0.882. The predicted octanol–water partition coefficient (Wildman–Crippen LogP) is 2.74. The molecular weight excluding hydrogens is 250 g/mol. The number of aliphatic hydroxyl groups excluding tert-OH is 1. The molecule has 1 unspecified atom stereocenters. The maximum Gasteiger partial charge on any atom is 0.178 e. The van der Waals surface area contributed by atoms with Crippen LogP contribution in [0.1, 0.15) is 17.0 Å². The number of hydrogen-bond acceptors (Lipinski definition) is 2. The van der Waals surface area contributed by atoms with Gasteiger partial charge in [0.25, 0.3) is 0 Å². The monoisotopic (exact) mass is 270 g/mol. The molecule has 2 aromatic carbocycles. The molecule has 0 fully saturated rings. The zero-order valence-electron chi connectivity index (χ0n) is 11.5. The third-order valence-corrected chi connectivity index (χ3v) is 3.40. The van der Waals surface area contributed by atoms with Crippen LogP contribution in [0, 0.1) is 0 Å². The van der Waals surface area contributed by atoms with Gasteiger partial charge in [-0.3, -0.25) is 5.11 Å². The number of benzene rings is 2. The van der Waals surface area contributed by atoms with Crippen molar-refractivity contribution in [1.82, 2.24) is 5.32 Å². The average Bonchev–Trinajstić information content (AvgIpc) is 2.50. The van der Waals surface area contributed by atoms with E-state index >= 15 is 0 Å². The molecule has 0 aliphatic carbocycles. The van der Waals surface area contributed by atoms with Crippen LogP contribution in [0.5, 0.6) is 5.75 Å².